The van der Waals surface area contributed by atoms with Gasteiger partial charge in [0.2, 0.25) is 0 Å². The van der Waals surface area contributed by atoms with Crippen LogP contribution in [0.2, 0.25) is 0 Å². The molecule has 2 rings (SSSR count). The van der Waals surface area contributed by atoms with E-state index >= 15 is 0 Å². The quantitative estimate of drug-likeness (QED) is 0.866. The number of phenolic OH excluding ortho intramolecular Hbond substituents is 1. The van der Waals surface area contributed by atoms with Crippen molar-refractivity contribution in [2.24, 2.45) is 5.92 Å². The van der Waals surface area contributed by atoms with Crippen molar-refractivity contribution in [3.63, 3.8) is 0 Å². The molecule has 0 bridgehead atoms. The summed E-state index contributed by atoms with van der Waals surface area (Å²) in [5.41, 5.74) is 1.21. The smallest absolute Gasteiger partial charge is 0.115 e. The van der Waals surface area contributed by atoms with Crippen LogP contribution in [0.25, 0.3) is 0 Å². The zero-order chi connectivity index (χ0) is 10.7. The molecule has 82 valence electrons. The fraction of sp³-hybridized carbons (Fsp3) is 0.500. The summed E-state index contributed by atoms with van der Waals surface area (Å²) < 4.78 is 1.10. The number of hydrogen-bond acceptors (Lipinski definition) is 2. The van der Waals surface area contributed by atoms with Gasteiger partial charge in [0.25, 0.3) is 0 Å². The summed E-state index contributed by atoms with van der Waals surface area (Å²) in [6.07, 6.45) is 3.60. The van der Waals surface area contributed by atoms with Gasteiger partial charge in [0.15, 0.2) is 0 Å². The Hall–Kier alpha value is -0.540. The van der Waals surface area contributed by atoms with Crippen LogP contribution in [0.1, 0.15) is 18.4 Å². The summed E-state index contributed by atoms with van der Waals surface area (Å²) in [6, 6.07) is 5.49. The van der Waals surface area contributed by atoms with Gasteiger partial charge in [-0.15, -0.1) is 0 Å². The summed E-state index contributed by atoms with van der Waals surface area (Å²) in [7, 11) is 0. The average molecular weight is 270 g/mol. The van der Waals surface area contributed by atoms with E-state index in [2.05, 4.69) is 21.2 Å². The molecule has 3 heteroatoms. The SMILES string of the molecule is Oc1ccc(Br)c(CC2CCCNC2)c1. The van der Waals surface area contributed by atoms with E-state index in [1.54, 1.807) is 6.07 Å². The van der Waals surface area contributed by atoms with Crippen LogP contribution in [-0.4, -0.2) is 18.2 Å². The van der Waals surface area contributed by atoms with Gasteiger partial charge >= 0.3 is 0 Å². The molecule has 1 aliphatic rings. The second kappa shape index (κ2) is 4.99. The summed E-state index contributed by atoms with van der Waals surface area (Å²) in [4.78, 5) is 0. The standard InChI is InChI=1S/C12H16BrNO/c13-12-4-3-11(15)7-10(12)6-9-2-1-5-14-8-9/h3-4,7,9,14-15H,1-2,5-6,8H2. The maximum absolute atomic E-state index is 9.43. The highest BCUT2D eigenvalue weighted by Gasteiger charge is 2.14. The average Bonchev–Trinajstić information content (AvgIpc) is 2.25. The van der Waals surface area contributed by atoms with Crippen molar-refractivity contribution in [1.29, 1.82) is 0 Å². The van der Waals surface area contributed by atoms with Crippen LogP contribution < -0.4 is 5.32 Å². The third-order valence-corrected chi connectivity index (χ3v) is 3.71. The van der Waals surface area contributed by atoms with E-state index in [1.807, 2.05) is 12.1 Å². The molecule has 2 nitrogen and oxygen atoms in total. The normalized spacial score (nSPS) is 21.5. The fourth-order valence-corrected chi connectivity index (χ4v) is 2.54. The summed E-state index contributed by atoms with van der Waals surface area (Å²) in [5, 5.41) is 12.8. The van der Waals surface area contributed by atoms with Crippen LogP contribution in [0, 0.1) is 5.92 Å². The van der Waals surface area contributed by atoms with Gasteiger partial charge in [0.1, 0.15) is 5.75 Å². The molecule has 1 aromatic rings. The first-order valence-corrected chi connectivity index (χ1v) is 6.23. The molecule has 1 saturated heterocycles. The number of aromatic hydroxyl groups is 1. The first-order chi connectivity index (χ1) is 7.25. The van der Waals surface area contributed by atoms with E-state index in [1.165, 1.54) is 18.4 Å². The molecule has 1 aromatic carbocycles. The van der Waals surface area contributed by atoms with Crippen LogP contribution in [-0.2, 0) is 6.42 Å². The molecule has 15 heavy (non-hydrogen) atoms. The lowest BCUT2D eigenvalue weighted by atomic mass is 9.92. The van der Waals surface area contributed by atoms with E-state index in [-0.39, 0.29) is 0 Å². The molecule has 0 spiro atoms. The predicted octanol–water partition coefficient (Wildman–Crippen LogP) is 2.70. The second-order valence-corrected chi connectivity index (χ2v) is 5.05. The third kappa shape index (κ3) is 2.95. The van der Waals surface area contributed by atoms with Gasteiger partial charge in [-0.25, -0.2) is 0 Å². The summed E-state index contributed by atoms with van der Waals surface area (Å²) in [5.74, 6) is 1.06. The highest BCUT2D eigenvalue weighted by atomic mass is 79.9. The molecule has 1 heterocycles. The van der Waals surface area contributed by atoms with Crippen molar-refractivity contribution in [2.45, 2.75) is 19.3 Å². The lowest BCUT2D eigenvalue weighted by Crippen LogP contribution is -2.30. The number of halogens is 1. The van der Waals surface area contributed by atoms with Gasteiger partial charge in [0, 0.05) is 4.47 Å². The molecule has 0 aromatic heterocycles. The van der Waals surface area contributed by atoms with Gasteiger partial charge in [-0.2, -0.15) is 0 Å². The van der Waals surface area contributed by atoms with Crippen molar-refractivity contribution in [3.8, 4) is 5.75 Å². The number of benzene rings is 1. The lowest BCUT2D eigenvalue weighted by Gasteiger charge is -2.23. The van der Waals surface area contributed by atoms with Crippen molar-refractivity contribution >= 4 is 15.9 Å². The van der Waals surface area contributed by atoms with Gasteiger partial charge in [-0.05, 0) is 62.0 Å². The Balaban J connectivity index is 2.05. The number of rotatable bonds is 2. The largest absolute Gasteiger partial charge is 0.508 e. The highest BCUT2D eigenvalue weighted by molar-refractivity contribution is 9.10. The molecule has 0 radical (unpaired) electrons. The molecule has 1 atom stereocenters. The van der Waals surface area contributed by atoms with Crippen LogP contribution in [0.3, 0.4) is 0 Å². The zero-order valence-electron chi connectivity index (χ0n) is 8.67. The van der Waals surface area contributed by atoms with E-state index < -0.39 is 0 Å². The van der Waals surface area contributed by atoms with E-state index in [4.69, 9.17) is 0 Å². The Morgan fingerprint density at radius 3 is 3.07 bits per heavy atom. The summed E-state index contributed by atoms with van der Waals surface area (Å²) >= 11 is 3.53. The van der Waals surface area contributed by atoms with Crippen LogP contribution in [0.4, 0.5) is 0 Å². The minimum Gasteiger partial charge on any atom is -0.508 e. The fourth-order valence-electron chi connectivity index (χ4n) is 2.13. The van der Waals surface area contributed by atoms with Crippen molar-refractivity contribution < 1.29 is 5.11 Å². The maximum Gasteiger partial charge on any atom is 0.115 e. The molecule has 1 fully saturated rings. The van der Waals surface area contributed by atoms with E-state index in [0.29, 0.717) is 11.7 Å². The summed E-state index contributed by atoms with van der Waals surface area (Å²) in [6.45, 7) is 2.25. The minimum atomic E-state index is 0.358. The van der Waals surface area contributed by atoms with Gasteiger partial charge in [-0.3, -0.25) is 0 Å². The molecule has 2 N–H and O–H groups in total. The molecular formula is C12H16BrNO. The zero-order valence-corrected chi connectivity index (χ0v) is 10.3. The Morgan fingerprint density at radius 1 is 1.47 bits per heavy atom. The molecular weight excluding hydrogens is 254 g/mol. The Morgan fingerprint density at radius 2 is 2.33 bits per heavy atom. The first kappa shape index (κ1) is 11.0. The number of phenols is 1. The van der Waals surface area contributed by atoms with Gasteiger partial charge in [0.05, 0.1) is 0 Å². The monoisotopic (exact) mass is 269 g/mol. The van der Waals surface area contributed by atoms with Crippen molar-refractivity contribution in [2.75, 3.05) is 13.1 Å². The Kier molecular flexibility index (Phi) is 3.65. The minimum absolute atomic E-state index is 0.358. The molecule has 0 aliphatic carbocycles. The van der Waals surface area contributed by atoms with Gasteiger partial charge < -0.3 is 10.4 Å². The number of nitrogens with one attached hydrogen (secondary N) is 1. The van der Waals surface area contributed by atoms with Crippen LogP contribution >= 0.6 is 15.9 Å². The lowest BCUT2D eigenvalue weighted by molar-refractivity contribution is 0.375. The Labute approximate surface area is 98.8 Å². The topological polar surface area (TPSA) is 32.3 Å². The van der Waals surface area contributed by atoms with Gasteiger partial charge in [-0.1, -0.05) is 15.9 Å². The predicted molar refractivity (Wildman–Crippen MR) is 65.1 cm³/mol. The highest BCUT2D eigenvalue weighted by Crippen LogP contribution is 2.26. The maximum atomic E-state index is 9.43. The second-order valence-electron chi connectivity index (χ2n) is 4.19. The first-order valence-electron chi connectivity index (χ1n) is 5.44. The number of hydrogen-bond donors (Lipinski definition) is 2. The molecule has 0 amide bonds. The molecule has 1 aliphatic heterocycles. The van der Waals surface area contributed by atoms with Crippen LogP contribution in [0.15, 0.2) is 22.7 Å². The van der Waals surface area contributed by atoms with Crippen LogP contribution in [0.5, 0.6) is 5.75 Å². The third-order valence-electron chi connectivity index (χ3n) is 2.94. The van der Waals surface area contributed by atoms with E-state index in [0.717, 1.165) is 24.0 Å². The van der Waals surface area contributed by atoms with E-state index in [9.17, 15) is 5.11 Å². The number of piperidine rings is 1. The molecule has 0 saturated carbocycles. The van der Waals surface area contributed by atoms with Crippen molar-refractivity contribution in [3.05, 3.63) is 28.2 Å². The molecule has 1 unspecified atom stereocenters. The Bertz CT molecular complexity index is 334. The van der Waals surface area contributed by atoms with Crippen molar-refractivity contribution in [1.82, 2.24) is 5.32 Å².